The molecule has 0 aliphatic carbocycles. The first-order valence-electron chi connectivity index (χ1n) is 10.6. The summed E-state index contributed by atoms with van der Waals surface area (Å²) < 4.78 is 0. The van der Waals surface area contributed by atoms with Crippen LogP contribution in [0.2, 0.25) is 0 Å². The van der Waals surface area contributed by atoms with Crippen molar-refractivity contribution in [1.82, 2.24) is 19.6 Å². The van der Waals surface area contributed by atoms with E-state index >= 15 is 0 Å². The smallest absolute Gasteiger partial charge is 0.317 e. The molecule has 10 nitrogen and oxygen atoms in total. The van der Waals surface area contributed by atoms with Gasteiger partial charge in [-0.1, -0.05) is 6.92 Å². The van der Waals surface area contributed by atoms with Crippen LogP contribution in [0.4, 0.5) is 0 Å². The SMILES string of the molecule is CCN1CC(C)N(CC(=O)O)CC(C)N(CC(=O)O)CC(C)N(CC(=O)O)CC1C.[Gd]. The molecule has 1 heterocycles. The molecule has 1 fully saturated rings. The molecular formula is C20H38GdN4O6. The van der Waals surface area contributed by atoms with Crippen molar-refractivity contribution in [2.24, 2.45) is 0 Å². The number of carbonyl (C=O) groups is 3. The van der Waals surface area contributed by atoms with Gasteiger partial charge < -0.3 is 15.3 Å². The average molecular weight is 588 g/mol. The summed E-state index contributed by atoms with van der Waals surface area (Å²) in [4.78, 5) is 42.1. The first kappa shape index (κ1) is 30.6. The molecule has 0 radical (unpaired) electrons. The number of carboxylic acid groups (broad SMARTS) is 3. The van der Waals surface area contributed by atoms with E-state index in [-0.39, 0.29) is 83.7 Å². The number of nitrogens with zero attached hydrogens (tertiary/aromatic N) is 4. The molecule has 0 spiro atoms. The fourth-order valence-corrected chi connectivity index (χ4v) is 4.16. The van der Waals surface area contributed by atoms with Gasteiger partial charge in [-0.2, -0.15) is 0 Å². The predicted molar refractivity (Wildman–Crippen MR) is 113 cm³/mol. The van der Waals surface area contributed by atoms with Crippen LogP contribution >= 0.6 is 0 Å². The quantitative estimate of drug-likeness (QED) is 0.376. The van der Waals surface area contributed by atoms with Gasteiger partial charge in [-0.05, 0) is 34.2 Å². The van der Waals surface area contributed by atoms with E-state index in [2.05, 4.69) is 4.90 Å². The zero-order chi connectivity index (χ0) is 23.0. The maximum absolute atomic E-state index is 11.4. The number of aliphatic carboxylic acids is 3. The number of carboxylic acids is 3. The number of hydrogen-bond acceptors (Lipinski definition) is 7. The van der Waals surface area contributed by atoms with E-state index < -0.39 is 17.9 Å². The van der Waals surface area contributed by atoms with E-state index in [1.165, 1.54) is 0 Å². The maximum Gasteiger partial charge on any atom is 0.317 e. The minimum Gasteiger partial charge on any atom is -0.480 e. The van der Waals surface area contributed by atoms with E-state index in [0.29, 0.717) is 26.2 Å². The molecule has 11 heteroatoms. The van der Waals surface area contributed by atoms with Crippen molar-refractivity contribution in [1.29, 1.82) is 0 Å². The van der Waals surface area contributed by atoms with Crippen LogP contribution in [0.5, 0.6) is 0 Å². The third-order valence-electron chi connectivity index (χ3n) is 5.91. The summed E-state index contributed by atoms with van der Waals surface area (Å²) in [5, 5.41) is 28.1. The summed E-state index contributed by atoms with van der Waals surface area (Å²) in [6.07, 6.45) is 0. The van der Waals surface area contributed by atoms with Crippen molar-refractivity contribution in [3.63, 3.8) is 0 Å². The Morgan fingerprint density at radius 3 is 1.06 bits per heavy atom. The van der Waals surface area contributed by atoms with Gasteiger partial charge >= 0.3 is 17.9 Å². The monoisotopic (exact) mass is 588 g/mol. The Labute approximate surface area is 217 Å². The zero-order valence-corrected chi connectivity index (χ0v) is 21.4. The Hall–Kier alpha value is -0.425. The van der Waals surface area contributed by atoms with Crippen molar-refractivity contribution < 1.29 is 69.6 Å². The number of hydrogen-bond donors (Lipinski definition) is 3. The van der Waals surface area contributed by atoms with Gasteiger partial charge in [0.2, 0.25) is 0 Å². The Morgan fingerprint density at radius 2 is 0.839 bits per heavy atom. The predicted octanol–water partition coefficient (Wildman–Crippen LogP) is 0.0357. The van der Waals surface area contributed by atoms with Crippen LogP contribution in [0.15, 0.2) is 0 Å². The molecule has 1 saturated heterocycles. The molecule has 1 aliphatic heterocycles. The summed E-state index contributed by atoms with van der Waals surface area (Å²) >= 11 is 0. The molecule has 0 aromatic carbocycles. The van der Waals surface area contributed by atoms with E-state index in [4.69, 9.17) is 0 Å². The van der Waals surface area contributed by atoms with Crippen molar-refractivity contribution >= 4 is 17.9 Å². The van der Waals surface area contributed by atoms with Gasteiger partial charge in [0.05, 0.1) is 19.6 Å². The second kappa shape index (κ2) is 14.7. The molecule has 1 rings (SSSR count). The van der Waals surface area contributed by atoms with Gasteiger partial charge in [0.25, 0.3) is 0 Å². The van der Waals surface area contributed by atoms with Crippen molar-refractivity contribution in [2.75, 3.05) is 52.4 Å². The van der Waals surface area contributed by atoms with Gasteiger partial charge in [-0.15, -0.1) is 0 Å². The molecule has 4 atom stereocenters. The summed E-state index contributed by atoms with van der Waals surface area (Å²) in [5.41, 5.74) is 0. The van der Waals surface area contributed by atoms with Gasteiger partial charge in [-0.25, -0.2) is 0 Å². The third kappa shape index (κ3) is 10.8. The molecule has 31 heavy (non-hydrogen) atoms. The summed E-state index contributed by atoms with van der Waals surface area (Å²) in [6.45, 7) is 12.2. The first-order valence-corrected chi connectivity index (χ1v) is 10.6. The minimum atomic E-state index is -0.964. The minimum absolute atomic E-state index is 0. The van der Waals surface area contributed by atoms with Crippen LogP contribution in [-0.4, -0.2) is 129 Å². The third-order valence-corrected chi connectivity index (χ3v) is 5.91. The number of likely N-dealkylation sites (N-methyl/N-ethyl adjacent to an activating group) is 1. The molecule has 0 bridgehead atoms. The van der Waals surface area contributed by atoms with E-state index in [1.54, 1.807) is 4.90 Å². The van der Waals surface area contributed by atoms with Crippen LogP contribution in [0.1, 0.15) is 34.6 Å². The average Bonchev–Trinajstić information content (AvgIpc) is 2.62. The van der Waals surface area contributed by atoms with Crippen LogP contribution in [0.25, 0.3) is 0 Å². The molecule has 0 amide bonds. The van der Waals surface area contributed by atoms with Gasteiger partial charge in [0.15, 0.2) is 0 Å². The van der Waals surface area contributed by atoms with Crippen LogP contribution in [0.3, 0.4) is 0 Å². The standard InChI is InChI=1S/C20H38N4O6.Gd/c1-6-21-7-15(3)23(12-19(27)28)9-17(5)24(13-20(29)30)10-16(4)22(8-14(21)2)11-18(25)26;/h14-17H,6-13H2,1-5H3,(H,25,26)(H,27,28)(H,29,30);. The van der Waals surface area contributed by atoms with E-state index in [1.807, 2.05) is 44.4 Å². The Kier molecular flexibility index (Phi) is 14.5. The molecule has 182 valence electrons. The Balaban J connectivity index is 0.00000900. The van der Waals surface area contributed by atoms with Gasteiger partial charge in [0.1, 0.15) is 0 Å². The van der Waals surface area contributed by atoms with Crippen LogP contribution in [-0.2, 0) is 14.4 Å². The van der Waals surface area contributed by atoms with Crippen molar-refractivity contribution in [3.8, 4) is 0 Å². The second-order valence-corrected chi connectivity index (χ2v) is 8.45. The van der Waals surface area contributed by atoms with Crippen LogP contribution < -0.4 is 0 Å². The molecule has 0 saturated carbocycles. The second-order valence-electron chi connectivity index (χ2n) is 8.45. The molecule has 0 aromatic rings. The van der Waals surface area contributed by atoms with Crippen LogP contribution in [0, 0.1) is 39.9 Å². The summed E-state index contributed by atoms with van der Waals surface area (Å²) in [6, 6.07) is -0.365. The largest absolute Gasteiger partial charge is 0.480 e. The molecule has 1 aliphatic rings. The van der Waals surface area contributed by atoms with E-state index in [9.17, 15) is 29.7 Å². The van der Waals surface area contributed by atoms with Crippen molar-refractivity contribution in [2.45, 2.75) is 58.8 Å². The Bertz CT molecular complexity index is 582. The first-order chi connectivity index (χ1) is 13.9. The summed E-state index contributed by atoms with van der Waals surface area (Å²) in [7, 11) is 0. The molecule has 0 aromatic heterocycles. The molecular weight excluding hydrogens is 549 g/mol. The zero-order valence-electron chi connectivity index (χ0n) is 19.2. The normalized spacial score (nSPS) is 28.2. The van der Waals surface area contributed by atoms with E-state index in [0.717, 1.165) is 6.54 Å². The van der Waals surface area contributed by atoms with Gasteiger partial charge in [-0.3, -0.25) is 34.0 Å². The fraction of sp³-hybridized carbons (Fsp3) is 0.850. The fourth-order valence-electron chi connectivity index (χ4n) is 4.16. The molecule has 3 N–H and O–H groups in total. The Morgan fingerprint density at radius 1 is 0.613 bits per heavy atom. The van der Waals surface area contributed by atoms with Gasteiger partial charge in [0, 0.05) is 90.3 Å². The maximum atomic E-state index is 11.4. The topological polar surface area (TPSA) is 125 Å². The molecule has 4 unspecified atom stereocenters. The summed E-state index contributed by atoms with van der Waals surface area (Å²) in [5.74, 6) is -2.79. The number of rotatable bonds is 7. The van der Waals surface area contributed by atoms with Crippen molar-refractivity contribution in [3.05, 3.63) is 0 Å².